The van der Waals surface area contributed by atoms with Gasteiger partial charge in [-0.15, -0.1) is 27.3 Å². The summed E-state index contributed by atoms with van der Waals surface area (Å²) in [5, 5.41) is 20.5. The Hall–Kier alpha value is -2.35. The van der Waals surface area contributed by atoms with E-state index in [4.69, 9.17) is 4.63 Å². The molecule has 10 nitrogen and oxygen atoms in total. The summed E-state index contributed by atoms with van der Waals surface area (Å²) in [6.45, 7) is 8.05. The first kappa shape index (κ1) is 23.3. The lowest BCUT2D eigenvalue weighted by Gasteiger charge is -2.17. The van der Waals surface area contributed by atoms with E-state index < -0.39 is 15.8 Å². The predicted octanol–water partition coefficient (Wildman–Crippen LogP) is 4.00. The van der Waals surface area contributed by atoms with E-state index in [1.165, 1.54) is 9.69 Å². The van der Waals surface area contributed by atoms with Crippen LogP contribution in [0.2, 0.25) is 0 Å². The molecule has 170 valence electrons. The van der Waals surface area contributed by atoms with Crippen LogP contribution in [0.3, 0.4) is 0 Å². The molecular formula is C18H26N5O5S3+. The maximum atomic E-state index is 12.8. The van der Waals surface area contributed by atoms with Gasteiger partial charge in [-0.05, 0) is 30.4 Å². The molecule has 0 radical (unpaired) electrons. The summed E-state index contributed by atoms with van der Waals surface area (Å²) in [6, 6.07) is 3.89. The van der Waals surface area contributed by atoms with Gasteiger partial charge in [-0.1, -0.05) is 25.9 Å². The molecule has 0 saturated heterocycles. The van der Waals surface area contributed by atoms with Gasteiger partial charge in [-0.3, -0.25) is 5.32 Å². The second-order valence-electron chi connectivity index (χ2n) is 6.73. The van der Waals surface area contributed by atoms with Gasteiger partial charge < -0.3 is 10.4 Å². The zero-order valence-electron chi connectivity index (χ0n) is 17.6. The molecule has 3 heterocycles. The lowest BCUT2D eigenvalue weighted by molar-refractivity contribution is -0.701. The molecule has 0 aliphatic rings. The van der Waals surface area contributed by atoms with Crippen molar-refractivity contribution in [1.29, 1.82) is 0 Å². The summed E-state index contributed by atoms with van der Waals surface area (Å²) in [7, 11) is -3.82. The van der Waals surface area contributed by atoms with E-state index in [-0.39, 0.29) is 27.6 Å². The van der Waals surface area contributed by atoms with Crippen LogP contribution in [0, 0.1) is 11.8 Å². The Labute approximate surface area is 188 Å². The maximum absolute atomic E-state index is 12.8. The first-order chi connectivity index (χ1) is 14.7. The standard InChI is InChI=1S/C18H25N5O5S3/c1-5-12(14-9-8-11(4)30-14)20-17-16(21-28-23(17)25)19-13-10-29-18(15(13)24)31(26,27)22(6-2)7-3/h8-10,12,20H,5-7H2,1-4H3,(H2-,19,21,24,25)/p+1/t12-/m1/s1. The number of nitrogens with one attached hydrogen (secondary N) is 3. The van der Waals surface area contributed by atoms with Crippen molar-refractivity contribution < 1.29 is 22.8 Å². The average molecular weight is 489 g/mol. The van der Waals surface area contributed by atoms with Crippen molar-refractivity contribution in [3.8, 4) is 5.75 Å². The Kier molecular flexibility index (Phi) is 7.09. The Bertz CT molecular complexity index is 1190. The topological polar surface area (TPSA) is 134 Å². The number of thiophene rings is 2. The minimum Gasteiger partial charge on any atom is -0.504 e. The van der Waals surface area contributed by atoms with Crippen molar-refractivity contribution in [3.63, 3.8) is 0 Å². The number of nitrogens with zero attached hydrogens (tertiary/aromatic N) is 2. The maximum Gasteiger partial charge on any atom is 0.367 e. The van der Waals surface area contributed by atoms with Gasteiger partial charge in [0.1, 0.15) is 6.04 Å². The Morgan fingerprint density at radius 3 is 2.58 bits per heavy atom. The van der Waals surface area contributed by atoms with Crippen LogP contribution < -0.4 is 15.2 Å². The van der Waals surface area contributed by atoms with Crippen molar-refractivity contribution in [2.75, 3.05) is 23.7 Å². The SMILES string of the molecule is CC[C@@H](Nc1c(Nc2csc(S(=O)(=O)N(CC)CC)c2O)[nH]o[n+]1=O)c1ccc(C)s1. The molecule has 0 unspecified atom stereocenters. The van der Waals surface area contributed by atoms with Gasteiger partial charge >= 0.3 is 5.82 Å². The summed E-state index contributed by atoms with van der Waals surface area (Å²) in [4.78, 5) is 14.4. The minimum atomic E-state index is -3.82. The molecule has 3 aromatic heterocycles. The summed E-state index contributed by atoms with van der Waals surface area (Å²) in [6.07, 6.45) is 0.723. The van der Waals surface area contributed by atoms with Crippen molar-refractivity contribution in [2.45, 2.75) is 44.4 Å². The Morgan fingerprint density at radius 2 is 2.00 bits per heavy atom. The molecule has 0 amide bonds. The monoisotopic (exact) mass is 488 g/mol. The van der Waals surface area contributed by atoms with E-state index in [1.807, 2.05) is 26.0 Å². The van der Waals surface area contributed by atoms with E-state index in [1.54, 1.807) is 25.2 Å². The van der Waals surface area contributed by atoms with Crippen molar-refractivity contribution in [2.24, 2.45) is 0 Å². The van der Waals surface area contributed by atoms with E-state index in [2.05, 4.69) is 15.8 Å². The van der Waals surface area contributed by atoms with Crippen LogP contribution in [0.25, 0.3) is 0 Å². The summed E-state index contributed by atoms with van der Waals surface area (Å²) in [5.74, 6) is -0.144. The van der Waals surface area contributed by atoms with E-state index in [0.717, 1.165) is 27.5 Å². The number of hydrogen-bond donors (Lipinski definition) is 4. The lowest BCUT2D eigenvalue weighted by Crippen LogP contribution is -2.30. The molecule has 0 aliphatic heterocycles. The molecule has 0 aliphatic carbocycles. The molecule has 0 bridgehead atoms. The highest BCUT2D eigenvalue weighted by Crippen LogP contribution is 2.41. The van der Waals surface area contributed by atoms with E-state index in [0.29, 0.717) is 17.7 Å². The quantitative estimate of drug-likeness (QED) is 0.339. The summed E-state index contributed by atoms with van der Waals surface area (Å²) in [5.41, 5.74) is 0.149. The third-order valence-corrected chi connectivity index (χ3v) is 9.40. The number of aromatic hydroxyl groups is 1. The molecule has 31 heavy (non-hydrogen) atoms. The van der Waals surface area contributed by atoms with E-state index in [9.17, 15) is 18.4 Å². The lowest BCUT2D eigenvalue weighted by atomic mass is 10.2. The molecular weight excluding hydrogens is 462 g/mol. The molecule has 3 rings (SSSR count). The summed E-state index contributed by atoms with van der Waals surface area (Å²) >= 11 is 2.53. The number of anilines is 3. The third-order valence-electron chi connectivity index (χ3n) is 4.75. The smallest absolute Gasteiger partial charge is 0.367 e. The molecule has 1 atom stereocenters. The molecule has 0 saturated carbocycles. The third kappa shape index (κ3) is 4.63. The van der Waals surface area contributed by atoms with Gasteiger partial charge in [-0.2, -0.15) is 4.31 Å². The number of aromatic amines is 1. The van der Waals surface area contributed by atoms with Crippen LogP contribution in [0.4, 0.5) is 17.3 Å². The first-order valence-electron chi connectivity index (χ1n) is 9.77. The van der Waals surface area contributed by atoms with Crippen LogP contribution in [-0.4, -0.2) is 36.1 Å². The van der Waals surface area contributed by atoms with Crippen LogP contribution >= 0.6 is 22.7 Å². The fraction of sp³-hybridized carbons (Fsp3) is 0.444. The highest BCUT2D eigenvalue weighted by Gasteiger charge is 2.31. The van der Waals surface area contributed by atoms with Gasteiger partial charge in [0, 0.05) is 28.2 Å². The van der Waals surface area contributed by atoms with Gasteiger partial charge in [0.25, 0.3) is 15.8 Å². The molecule has 4 N–H and O–H groups in total. The van der Waals surface area contributed by atoms with Crippen molar-refractivity contribution >= 4 is 50.0 Å². The number of aryl methyl sites for hydroxylation is 1. The second-order valence-corrected chi connectivity index (χ2v) is 11.1. The predicted molar refractivity (Wildman–Crippen MR) is 122 cm³/mol. The van der Waals surface area contributed by atoms with E-state index >= 15 is 0 Å². The fourth-order valence-corrected chi connectivity index (χ4v) is 6.93. The molecule has 0 spiro atoms. The Morgan fingerprint density at radius 1 is 1.29 bits per heavy atom. The highest BCUT2D eigenvalue weighted by atomic mass is 32.2. The number of sulfonamides is 1. The number of aromatic nitrogens is 2. The van der Waals surface area contributed by atoms with Gasteiger partial charge in [0.2, 0.25) is 0 Å². The number of H-pyrrole nitrogens is 1. The van der Waals surface area contributed by atoms with Crippen LogP contribution in [0.1, 0.15) is 43.0 Å². The first-order valence-corrected chi connectivity index (χ1v) is 12.9. The fourth-order valence-electron chi connectivity index (χ4n) is 3.08. The zero-order chi connectivity index (χ0) is 22.8. The minimum absolute atomic E-state index is 0.0941. The van der Waals surface area contributed by atoms with Crippen LogP contribution in [0.15, 0.2) is 26.4 Å². The largest absolute Gasteiger partial charge is 0.504 e. The van der Waals surface area contributed by atoms with Crippen LogP contribution in [-0.2, 0) is 10.0 Å². The normalized spacial score (nSPS) is 12.9. The number of hydrogen-bond acceptors (Lipinski definition) is 9. The van der Waals surface area contributed by atoms with Gasteiger partial charge in [-0.25, -0.2) is 8.42 Å². The highest BCUT2D eigenvalue weighted by molar-refractivity contribution is 7.91. The molecule has 3 aromatic rings. The van der Waals surface area contributed by atoms with Crippen molar-refractivity contribution in [3.05, 3.63) is 32.2 Å². The zero-order valence-corrected chi connectivity index (χ0v) is 20.1. The average Bonchev–Trinajstić information content (AvgIpc) is 3.42. The van der Waals surface area contributed by atoms with Crippen molar-refractivity contribution in [1.82, 2.24) is 9.46 Å². The van der Waals surface area contributed by atoms with Gasteiger partial charge in [0.05, 0.1) is 5.69 Å². The molecule has 0 fully saturated rings. The molecule has 13 heteroatoms. The summed E-state index contributed by atoms with van der Waals surface area (Å²) < 4.78 is 31.8. The van der Waals surface area contributed by atoms with Gasteiger partial charge in [0.15, 0.2) is 14.6 Å². The number of rotatable bonds is 10. The molecule has 0 aromatic carbocycles. The second kappa shape index (κ2) is 9.42. The van der Waals surface area contributed by atoms with Crippen LogP contribution in [0.5, 0.6) is 5.75 Å². The Balaban J connectivity index is 1.89.